The number of hydrogen-bond donors (Lipinski definition) is 2. The molecule has 29 heavy (non-hydrogen) atoms. The molecule has 6 nitrogen and oxygen atoms in total. The number of nitrogens with one attached hydrogen (secondary N) is 2. The zero-order valence-corrected chi connectivity index (χ0v) is 16.2. The van der Waals surface area contributed by atoms with Crippen molar-refractivity contribution in [2.45, 2.75) is 32.7 Å². The van der Waals surface area contributed by atoms with Crippen molar-refractivity contribution < 1.29 is 18.4 Å². The topological polar surface area (TPSA) is 84.2 Å². The first-order chi connectivity index (χ1) is 13.9. The summed E-state index contributed by atoms with van der Waals surface area (Å²) in [6.07, 6.45) is 2.09. The van der Waals surface area contributed by atoms with Gasteiger partial charge in [0.05, 0.1) is 6.20 Å². The molecule has 0 radical (unpaired) electrons. The zero-order chi connectivity index (χ0) is 20.8. The SMILES string of the molecule is CC(C)NC(=O)c1ccc(NC(=O)CCc2ncc(-c3ccc(F)cc3)o2)cc1. The van der Waals surface area contributed by atoms with Crippen molar-refractivity contribution in [3.8, 4) is 11.3 Å². The Kier molecular flexibility index (Phi) is 6.39. The third kappa shape index (κ3) is 5.75. The molecular weight excluding hydrogens is 373 g/mol. The van der Waals surface area contributed by atoms with Crippen molar-refractivity contribution in [2.24, 2.45) is 0 Å². The van der Waals surface area contributed by atoms with Crippen molar-refractivity contribution in [3.63, 3.8) is 0 Å². The van der Waals surface area contributed by atoms with Crippen LogP contribution in [0.25, 0.3) is 11.3 Å². The van der Waals surface area contributed by atoms with Gasteiger partial charge in [-0.1, -0.05) is 0 Å². The fourth-order valence-corrected chi connectivity index (χ4v) is 2.67. The van der Waals surface area contributed by atoms with Gasteiger partial charge in [-0.3, -0.25) is 9.59 Å². The lowest BCUT2D eigenvalue weighted by Gasteiger charge is -2.09. The summed E-state index contributed by atoms with van der Waals surface area (Å²) in [7, 11) is 0. The van der Waals surface area contributed by atoms with Crippen molar-refractivity contribution in [2.75, 3.05) is 5.32 Å². The fraction of sp³-hybridized carbons (Fsp3) is 0.227. The maximum atomic E-state index is 13.0. The summed E-state index contributed by atoms with van der Waals surface area (Å²) in [5.74, 6) is 0.291. The van der Waals surface area contributed by atoms with Gasteiger partial charge < -0.3 is 15.1 Å². The molecule has 0 aliphatic heterocycles. The van der Waals surface area contributed by atoms with E-state index in [9.17, 15) is 14.0 Å². The minimum absolute atomic E-state index is 0.0562. The van der Waals surface area contributed by atoms with Gasteiger partial charge in [-0.25, -0.2) is 9.37 Å². The monoisotopic (exact) mass is 395 g/mol. The van der Waals surface area contributed by atoms with E-state index in [0.717, 1.165) is 5.56 Å². The summed E-state index contributed by atoms with van der Waals surface area (Å²) in [5, 5.41) is 5.59. The van der Waals surface area contributed by atoms with Crippen LogP contribution in [0.5, 0.6) is 0 Å². The molecule has 1 aromatic heterocycles. The minimum atomic E-state index is -0.321. The number of rotatable bonds is 7. The van der Waals surface area contributed by atoms with Crippen LogP contribution in [0.4, 0.5) is 10.1 Å². The summed E-state index contributed by atoms with van der Waals surface area (Å²) < 4.78 is 18.6. The van der Waals surface area contributed by atoms with Crippen LogP contribution < -0.4 is 10.6 Å². The van der Waals surface area contributed by atoms with E-state index in [-0.39, 0.29) is 30.1 Å². The number of benzene rings is 2. The number of carbonyl (C=O) groups excluding carboxylic acids is 2. The molecule has 2 N–H and O–H groups in total. The van der Waals surface area contributed by atoms with Gasteiger partial charge in [-0.05, 0) is 62.4 Å². The van der Waals surface area contributed by atoms with Crippen molar-refractivity contribution >= 4 is 17.5 Å². The van der Waals surface area contributed by atoms with Gasteiger partial charge in [0.1, 0.15) is 5.82 Å². The van der Waals surface area contributed by atoms with Crippen LogP contribution in [0.15, 0.2) is 59.1 Å². The van der Waals surface area contributed by atoms with Crippen LogP contribution in [0.2, 0.25) is 0 Å². The molecule has 7 heteroatoms. The smallest absolute Gasteiger partial charge is 0.251 e. The Hall–Kier alpha value is -3.48. The lowest BCUT2D eigenvalue weighted by atomic mass is 10.2. The number of hydrogen-bond acceptors (Lipinski definition) is 4. The molecule has 2 amide bonds. The Morgan fingerprint density at radius 3 is 2.41 bits per heavy atom. The molecule has 0 bridgehead atoms. The van der Waals surface area contributed by atoms with E-state index in [0.29, 0.717) is 29.3 Å². The number of nitrogens with zero attached hydrogens (tertiary/aromatic N) is 1. The largest absolute Gasteiger partial charge is 0.441 e. The highest BCUT2D eigenvalue weighted by molar-refractivity contribution is 5.95. The minimum Gasteiger partial charge on any atom is -0.441 e. The van der Waals surface area contributed by atoms with Gasteiger partial charge in [0.2, 0.25) is 5.91 Å². The fourth-order valence-electron chi connectivity index (χ4n) is 2.67. The quantitative estimate of drug-likeness (QED) is 0.628. The first-order valence-corrected chi connectivity index (χ1v) is 9.32. The van der Waals surface area contributed by atoms with Crippen LogP contribution in [0.3, 0.4) is 0 Å². The number of aromatic nitrogens is 1. The van der Waals surface area contributed by atoms with Crippen LogP contribution in [0.1, 0.15) is 36.5 Å². The molecule has 3 rings (SSSR count). The normalized spacial score (nSPS) is 10.8. The van der Waals surface area contributed by atoms with E-state index in [1.54, 1.807) is 42.6 Å². The molecular formula is C22H22FN3O3. The second-order valence-corrected chi connectivity index (χ2v) is 6.88. The second-order valence-electron chi connectivity index (χ2n) is 6.88. The molecule has 3 aromatic rings. The van der Waals surface area contributed by atoms with Crippen molar-refractivity contribution in [1.29, 1.82) is 0 Å². The molecule has 0 atom stereocenters. The summed E-state index contributed by atoms with van der Waals surface area (Å²) in [6.45, 7) is 3.78. The summed E-state index contributed by atoms with van der Waals surface area (Å²) in [6, 6.07) is 12.7. The summed E-state index contributed by atoms with van der Waals surface area (Å²) in [5.41, 5.74) is 1.86. The molecule has 1 heterocycles. The van der Waals surface area contributed by atoms with Crippen molar-refractivity contribution in [1.82, 2.24) is 10.3 Å². The van der Waals surface area contributed by atoms with E-state index in [1.807, 2.05) is 13.8 Å². The predicted octanol–water partition coefficient (Wildman–Crippen LogP) is 4.19. The molecule has 0 spiro atoms. The van der Waals surface area contributed by atoms with E-state index in [4.69, 9.17) is 4.42 Å². The molecule has 0 unspecified atom stereocenters. The van der Waals surface area contributed by atoms with E-state index in [1.165, 1.54) is 12.1 Å². The standard InChI is InChI=1S/C22H22FN3O3/c1-14(2)25-22(28)16-5-9-18(10-6-16)26-20(27)11-12-21-24-13-19(29-21)15-3-7-17(23)8-4-15/h3-10,13-14H,11-12H2,1-2H3,(H,25,28)(H,26,27). The van der Waals surface area contributed by atoms with Gasteiger partial charge in [-0.2, -0.15) is 0 Å². The molecule has 0 fully saturated rings. The highest BCUT2D eigenvalue weighted by atomic mass is 19.1. The molecule has 0 aliphatic carbocycles. The van der Waals surface area contributed by atoms with E-state index in [2.05, 4.69) is 15.6 Å². The molecule has 2 aromatic carbocycles. The average Bonchev–Trinajstić information content (AvgIpc) is 3.16. The Morgan fingerprint density at radius 2 is 1.76 bits per heavy atom. The van der Waals surface area contributed by atoms with Gasteiger partial charge >= 0.3 is 0 Å². The highest BCUT2D eigenvalue weighted by Gasteiger charge is 2.11. The first-order valence-electron chi connectivity index (χ1n) is 9.32. The Balaban J connectivity index is 1.51. The van der Waals surface area contributed by atoms with Crippen LogP contribution in [-0.2, 0) is 11.2 Å². The molecule has 0 saturated heterocycles. The third-order valence-corrected chi connectivity index (χ3v) is 4.10. The maximum absolute atomic E-state index is 13.0. The third-order valence-electron chi connectivity index (χ3n) is 4.10. The Bertz CT molecular complexity index is 979. The van der Waals surface area contributed by atoms with Crippen LogP contribution >= 0.6 is 0 Å². The molecule has 0 aliphatic rings. The molecule has 0 saturated carbocycles. The van der Waals surface area contributed by atoms with Gasteiger partial charge in [0, 0.05) is 35.7 Å². The van der Waals surface area contributed by atoms with Crippen LogP contribution in [0, 0.1) is 5.82 Å². The number of amides is 2. The number of oxazole rings is 1. The summed E-state index contributed by atoms with van der Waals surface area (Å²) >= 11 is 0. The van der Waals surface area contributed by atoms with Gasteiger partial charge in [0.15, 0.2) is 11.7 Å². The zero-order valence-electron chi connectivity index (χ0n) is 16.2. The number of halogens is 1. The van der Waals surface area contributed by atoms with Crippen LogP contribution in [-0.4, -0.2) is 22.8 Å². The Labute approximate surface area is 168 Å². The predicted molar refractivity (Wildman–Crippen MR) is 108 cm³/mol. The maximum Gasteiger partial charge on any atom is 0.251 e. The van der Waals surface area contributed by atoms with Gasteiger partial charge in [-0.15, -0.1) is 0 Å². The summed E-state index contributed by atoms with van der Waals surface area (Å²) in [4.78, 5) is 28.3. The number of anilines is 1. The highest BCUT2D eigenvalue weighted by Crippen LogP contribution is 2.21. The van der Waals surface area contributed by atoms with E-state index >= 15 is 0 Å². The number of aryl methyl sites for hydroxylation is 1. The lowest BCUT2D eigenvalue weighted by molar-refractivity contribution is -0.116. The average molecular weight is 395 g/mol. The Morgan fingerprint density at radius 1 is 1.07 bits per heavy atom. The van der Waals surface area contributed by atoms with Gasteiger partial charge in [0.25, 0.3) is 5.91 Å². The second kappa shape index (κ2) is 9.14. The van der Waals surface area contributed by atoms with Crippen molar-refractivity contribution in [3.05, 3.63) is 72.0 Å². The van der Waals surface area contributed by atoms with E-state index < -0.39 is 0 Å². The first kappa shape index (κ1) is 20.3. The number of carbonyl (C=O) groups is 2. The molecule has 150 valence electrons. The lowest BCUT2D eigenvalue weighted by Crippen LogP contribution is -2.30.